The summed E-state index contributed by atoms with van der Waals surface area (Å²) in [5.41, 5.74) is 3.21. The number of anilines is 2. The van der Waals surface area contributed by atoms with Gasteiger partial charge in [0.25, 0.3) is 5.91 Å². The van der Waals surface area contributed by atoms with E-state index in [1.54, 1.807) is 24.5 Å². The predicted molar refractivity (Wildman–Crippen MR) is 129 cm³/mol. The molecule has 33 heavy (non-hydrogen) atoms. The Hall–Kier alpha value is -3.77. The Balaban J connectivity index is 1.68. The van der Waals surface area contributed by atoms with E-state index >= 15 is 0 Å². The molecule has 1 aromatic carbocycles. The summed E-state index contributed by atoms with van der Waals surface area (Å²) in [5.74, 6) is -0.491. The fraction of sp³-hybridized carbons (Fsp3) is 0.292. The highest BCUT2D eigenvalue weighted by Crippen LogP contribution is 2.30. The zero-order valence-electron chi connectivity index (χ0n) is 18.8. The van der Waals surface area contributed by atoms with Crippen molar-refractivity contribution >= 4 is 34.0 Å². The van der Waals surface area contributed by atoms with Crippen LogP contribution in [0.15, 0.2) is 54.2 Å². The Morgan fingerprint density at radius 2 is 1.85 bits per heavy atom. The third kappa shape index (κ3) is 6.37. The Kier molecular flexibility index (Phi) is 8.11. The molecule has 0 aliphatic rings. The molecular weight excluding hydrogens is 436 g/mol. The summed E-state index contributed by atoms with van der Waals surface area (Å²) in [6, 6.07) is 12.1. The lowest BCUT2D eigenvalue weighted by Crippen LogP contribution is -2.47. The smallest absolute Gasteiger partial charge is 0.251 e. The number of benzene rings is 1. The van der Waals surface area contributed by atoms with E-state index in [2.05, 4.69) is 15.6 Å². The molecule has 0 bridgehead atoms. The molecule has 2 N–H and O–H groups in total. The number of hydrogen-bond donors (Lipinski definition) is 2. The van der Waals surface area contributed by atoms with Crippen LogP contribution in [0.3, 0.4) is 0 Å². The number of nitrogens with zero attached hydrogens (tertiary/aromatic N) is 4. The van der Waals surface area contributed by atoms with Crippen LogP contribution in [0, 0.1) is 17.2 Å². The topological polar surface area (TPSA) is 111 Å². The molecule has 0 radical (unpaired) electrons. The Labute approximate surface area is 197 Å². The number of hydrogen-bond acceptors (Lipinski definition) is 7. The van der Waals surface area contributed by atoms with Gasteiger partial charge in [-0.05, 0) is 48.7 Å². The van der Waals surface area contributed by atoms with Crippen molar-refractivity contribution in [1.82, 2.24) is 20.6 Å². The number of thiazole rings is 1. The number of rotatable bonds is 9. The standard InChI is InChI=1S/C24H26N6O2S/c1-16(2)14-20(23(32)27-13-10-25)28-22(31)18-4-6-19(7-5-18)30(3)24-29-21(15-33-24)17-8-11-26-12-9-17/h4-9,11-12,15-16,20H,13-14H2,1-3H3,(H,27,32)(H,28,31)/t20-/m0/s1. The Bertz CT molecular complexity index is 1120. The van der Waals surface area contributed by atoms with E-state index in [0.717, 1.165) is 22.1 Å². The quantitative estimate of drug-likeness (QED) is 0.469. The van der Waals surface area contributed by atoms with Gasteiger partial charge in [-0.3, -0.25) is 14.6 Å². The van der Waals surface area contributed by atoms with Gasteiger partial charge in [0.05, 0.1) is 11.8 Å². The number of carbonyl (C=O) groups is 2. The van der Waals surface area contributed by atoms with Crippen molar-refractivity contribution in [3.05, 3.63) is 59.7 Å². The molecule has 8 nitrogen and oxygen atoms in total. The second-order valence-electron chi connectivity index (χ2n) is 7.89. The average molecular weight is 463 g/mol. The molecule has 170 valence electrons. The highest BCUT2D eigenvalue weighted by molar-refractivity contribution is 7.14. The minimum atomic E-state index is -0.699. The minimum absolute atomic E-state index is 0.0933. The van der Waals surface area contributed by atoms with Crippen molar-refractivity contribution in [1.29, 1.82) is 5.26 Å². The van der Waals surface area contributed by atoms with Gasteiger partial charge in [0.15, 0.2) is 5.13 Å². The van der Waals surface area contributed by atoms with Gasteiger partial charge >= 0.3 is 0 Å². The maximum absolute atomic E-state index is 12.7. The van der Waals surface area contributed by atoms with E-state index in [9.17, 15) is 9.59 Å². The van der Waals surface area contributed by atoms with E-state index in [1.807, 2.05) is 61.5 Å². The molecule has 2 aromatic heterocycles. The van der Waals surface area contributed by atoms with Gasteiger partial charge in [0.2, 0.25) is 5.91 Å². The molecule has 9 heteroatoms. The van der Waals surface area contributed by atoms with E-state index in [-0.39, 0.29) is 24.3 Å². The van der Waals surface area contributed by atoms with E-state index in [1.165, 1.54) is 11.3 Å². The van der Waals surface area contributed by atoms with Gasteiger partial charge in [-0.15, -0.1) is 11.3 Å². The fourth-order valence-corrected chi connectivity index (χ4v) is 4.04. The van der Waals surface area contributed by atoms with Crippen LogP contribution in [0.2, 0.25) is 0 Å². The summed E-state index contributed by atoms with van der Waals surface area (Å²) >= 11 is 1.53. The lowest BCUT2D eigenvalue weighted by molar-refractivity contribution is -0.123. The van der Waals surface area contributed by atoms with Crippen molar-refractivity contribution in [2.45, 2.75) is 26.3 Å². The van der Waals surface area contributed by atoms with Crippen LogP contribution in [0.1, 0.15) is 30.6 Å². The average Bonchev–Trinajstić information content (AvgIpc) is 3.32. The second kappa shape index (κ2) is 11.2. The molecule has 3 rings (SSSR count). The van der Waals surface area contributed by atoms with Gasteiger partial charge in [0.1, 0.15) is 12.6 Å². The van der Waals surface area contributed by atoms with Gasteiger partial charge in [0, 0.05) is 41.6 Å². The monoisotopic (exact) mass is 462 g/mol. The van der Waals surface area contributed by atoms with Gasteiger partial charge in [-0.25, -0.2) is 4.98 Å². The molecule has 0 aliphatic carbocycles. The van der Waals surface area contributed by atoms with Gasteiger partial charge in [-0.2, -0.15) is 5.26 Å². The minimum Gasteiger partial charge on any atom is -0.341 e. The van der Waals surface area contributed by atoms with Crippen LogP contribution in [0.5, 0.6) is 0 Å². The number of amides is 2. The van der Waals surface area contributed by atoms with Crippen molar-refractivity contribution < 1.29 is 9.59 Å². The molecule has 1 atom stereocenters. The summed E-state index contributed by atoms with van der Waals surface area (Å²) in [6.07, 6.45) is 3.95. The molecule has 0 fully saturated rings. The first-order chi connectivity index (χ1) is 15.9. The lowest BCUT2D eigenvalue weighted by atomic mass is 10.0. The molecule has 0 aliphatic heterocycles. The summed E-state index contributed by atoms with van der Waals surface area (Å²) in [6.45, 7) is 3.85. The van der Waals surface area contributed by atoms with Crippen molar-refractivity contribution in [3.63, 3.8) is 0 Å². The number of aromatic nitrogens is 2. The largest absolute Gasteiger partial charge is 0.341 e. The summed E-state index contributed by atoms with van der Waals surface area (Å²) in [5, 5.41) is 16.8. The number of carbonyl (C=O) groups excluding carboxylic acids is 2. The second-order valence-corrected chi connectivity index (χ2v) is 8.73. The zero-order valence-corrected chi connectivity index (χ0v) is 19.6. The molecule has 2 amide bonds. The number of nitriles is 1. The third-order valence-corrected chi connectivity index (χ3v) is 5.86. The van der Waals surface area contributed by atoms with Crippen LogP contribution in [-0.2, 0) is 4.79 Å². The van der Waals surface area contributed by atoms with Gasteiger partial charge < -0.3 is 15.5 Å². The molecule has 0 unspecified atom stereocenters. The summed E-state index contributed by atoms with van der Waals surface area (Å²) in [4.78, 5) is 35.7. The van der Waals surface area contributed by atoms with Crippen LogP contribution >= 0.6 is 11.3 Å². The van der Waals surface area contributed by atoms with E-state index in [0.29, 0.717) is 12.0 Å². The maximum atomic E-state index is 12.7. The molecule has 0 spiro atoms. The first-order valence-corrected chi connectivity index (χ1v) is 11.4. The third-order valence-electron chi connectivity index (χ3n) is 4.94. The van der Waals surface area contributed by atoms with Crippen molar-refractivity contribution in [3.8, 4) is 17.3 Å². The normalized spacial score (nSPS) is 11.5. The SMILES string of the molecule is CC(C)C[C@H](NC(=O)c1ccc(N(C)c2nc(-c3ccncc3)cs2)cc1)C(=O)NCC#N. The van der Waals surface area contributed by atoms with Crippen molar-refractivity contribution in [2.75, 3.05) is 18.5 Å². The van der Waals surface area contributed by atoms with Crippen LogP contribution in [0.25, 0.3) is 11.3 Å². The molecule has 2 heterocycles. The predicted octanol–water partition coefficient (Wildman–Crippen LogP) is 3.76. The maximum Gasteiger partial charge on any atom is 0.251 e. The fourth-order valence-electron chi connectivity index (χ4n) is 3.21. The highest BCUT2D eigenvalue weighted by atomic mass is 32.1. The van der Waals surface area contributed by atoms with Gasteiger partial charge in [-0.1, -0.05) is 13.8 Å². The number of nitrogens with one attached hydrogen (secondary N) is 2. The van der Waals surface area contributed by atoms with Crippen LogP contribution in [0.4, 0.5) is 10.8 Å². The van der Waals surface area contributed by atoms with Crippen LogP contribution in [-0.4, -0.2) is 41.4 Å². The Morgan fingerprint density at radius 3 is 2.48 bits per heavy atom. The first kappa shape index (κ1) is 23.9. The molecule has 3 aromatic rings. The van der Waals surface area contributed by atoms with E-state index < -0.39 is 6.04 Å². The lowest BCUT2D eigenvalue weighted by Gasteiger charge is -2.20. The Morgan fingerprint density at radius 1 is 1.15 bits per heavy atom. The molecular formula is C24H26N6O2S. The number of pyridine rings is 1. The zero-order chi connectivity index (χ0) is 23.8. The molecule has 0 saturated carbocycles. The molecule has 0 saturated heterocycles. The first-order valence-electron chi connectivity index (χ1n) is 10.5. The van der Waals surface area contributed by atoms with Crippen LogP contribution < -0.4 is 15.5 Å². The summed E-state index contributed by atoms with van der Waals surface area (Å²) in [7, 11) is 1.92. The highest BCUT2D eigenvalue weighted by Gasteiger charge is 2.22. The van der Waals surface area contributed by atoms with E-state index in [4.69, 9.17) is 10.2 Å². The van der Waals surface area contributed by atoms with Crippen molar-refractivity contribution in [2.24, 2.45) is 5.92 Å². The summed E-state index contributed by atoms with van der Waals surface area (Å²) < 4.78 is 0.